The zero-order valence-corrected chi connectivity index (χ0v) is 27.2. The van der Waals surface area contributed by atoms with Crippen molar-refractivity contribution in [3.63, 3.8) is 0 Å². The first kappa shape index (κ1) is 31.6. The molecule has 2 amide bonds. The molecule has 7 nitrogen and oxygen atoms in total. The second kappa shape index (κ2) is 13.0. The Balaban J connectivity index is 1.38. The number of unbranched alkanes of at least 4 members (excludes halogenated alkanes) is 1. The SMILES string of the molecule is CCCCNC(=O)[C@H](CC)N(Cc1ccc(C)cc1)C(=O)CN(c1ccc(C23CC4CC(CC(C4)C2)C3)cc1)S(C)(=O)=O. The van der Waals surface area contributed by atoms with Gasteiger partial charge in [-0.15, -0.1) is 0 Å². The van der Waals surface area contributed by atoms with Gasteiger partial charge < -0.3 is 10.2 Å². The molecule has 2 aromatic carbocycles. The number of anilines is 1. The van der Waals surface area contributed by atoms with Crippen LogP contribution in [0.2, 0.25) is 0 Å². The van der Waals surface area contributed by atoms with Crippen molar-refractivity contribution in [3.05, 3.63) is 65.2 Å². The Bertz CT molecular complexity index is 1350. The Kier molecular flexibility index (Phi) is 9.55. The van der Waals surface area contributed by atoms with E-state index in [2.05, 4.69) is 24.4 Å². The van der Waals surface area contributed by atoms with Crippen LogP contribution >= 0.6 is 0 Å². The van der Waals surface area contributed by atoms with Crippen LogP contribution in [0.1, 0.15) is 88.3 Å². The summed E-state index contributed by atoms with van der Waals surface area (Å²) in [6.07, 6.45) is 11.2. The minimum atomic E-state index is -3.77. The van der Waals surface area contributed by atoms with Gasteiger partial charge in [0.05, 0.1) is 11.9 Å². The van der Waals surface area contributed by atoms with Crippen molar-refractivity contribution in [1.29, 1.82) is 0 Å². The molecule has 1 N–H and O–H groups in total. The van der Waals surface area contributed by atoms with E-state index in [1.54, 1.807) is 4.90 Å². The van der Waals surface area contributed by atoms with Gasteiger partial charge in [-0.2, -0.15) is 0 Å². The van der Waals surface area contributed by atoms with Gasteiger partial charge in [0.15, 0.2) is 0 Å². The van der Waals surface area contributed by atoms with E-state index in [0.29, 0.717) is 18.7 Å². The van der Waals surface area contributed by atoms with Crippen LogP contribution < -0.4 is 9.62 Å². The van der Waals surface area contributed by atoms with Crippen molar-refractivity contribution in [1.82, 2.24) is 10.2 Å². The zero-order chi connectivity index (χ0) is 30.8. The van der Waals surface area contributed by atoms with Gasteiger partial charge in [0.25, 0.3) is 0 Å². The van der Waals surface area contributed by atoms with Crippen molar-refractivity contribution in [3.8, 4) is 0 Å². The van der Waals surface area contributed by atoms with Gasteiger partial charge in [-0.1, -0.05) is 62.2 Å². The van der Waals surface area contributed by atoms with Gasteiger partial charge in [0, 0.05) is 13.1 Å². The summed E-state index contributed by atoms with van der Waals surface area (Å²) in [4.78, 5) is 28.8. The van der Waals surface area contributed by atoms with Crippen molar-refractivity contribution in [2.24, 2.45) is 17.8 Å². The molecule has 4 bridgehead atoms. The number of aryl methyl sites for hydroxylation is 1. The lowest BCUT2D eigenvalue weighted by molar-refractivity contribution is -0.140. The Morgan fingerprint density at radius 1 is 0.930 bits per heavy atom. The molecule has 43 heavy (non-hydrogen) atoms. The number of hydrogen-bond donors (Lipinski definition) is 1. The van der Waals surface area contributed by atoms with E-state index < -0.39 is 22.0 Å². The van der Waals surface area contributed by atoms with Gasteiger partial charge in [0.2, 0.25) is 21.8 Å². The first-order valence-electron chi connectivity index (χ1n) is 16.2. The third-order valence-corrected chi connectivity index (χ3v) is 11.3. The van der Waals surface area contributed by atoms with Crippen LogP contribution in [0, 0.1) is 24.7 Å². The molecule has 4 aliphatic carbocycles. The molecule has 8 heteroatoms. The van der Waals surface area contributed by atoms with E-state index >= 15 is 0 Å². The third-order valence-electron chi connectivity index (χ3n) is 10.2. The topological polar surface area (TPSA) is 86.8 Å². The van der Waals surface area contributed by atoms with Gasteiger partial charge >= 0.3 is 0 Å². The highest BCUT2D eigenvalue weighted by Gasteiger charge is 2.51. The molecule has 234 valence electrons. The average molecular weight is 608 g/mol. The maximum Gasteiger partial charge on any atom is 0.244 e. The molecule has 4 saturated carbocycles. The fourth-order valence-electron chi connectivity index (χ4n) is 8.38. The maximum absolute atomic E-state index is 14.0. The van der Waals surface area contributed by atoms with E-state index in [-0.39, 0.29) is 24.4 Å². The molecular weight excluding hydrogens is 558 g/mol. The molecule has 6 rings (SSSR count). The summed E-state index contributed by atoms with van der Waals surface area (Å²) in [7, 11) is -3.77. The number of sulfonamides is 1. The summed E-state index contributed by atoms with van der Waals surface area (Å²) < 4.78 is 27.4. The Morgan fingerprint density at radius 2 is 1.51 bits per heavy atom. The molecule has 0 unspecified atom stereocenters. The van der Waals surface area contributed by atoms with Gasteiger partial charge in [-0.25, -0.2) is 8.42 Å². The van der Waals surface area contributed by atoms with Gasteiger partial charge in [-0.05, 0) is 105 Å². The fourth-order valence-corrected chi connectivity index (χ4v) is 9.22. The van der Waals surface area contributed by atoms with Crippen LogP contribution in [0.3, 0.4) is 0 Å². The van der Waals surface area contributed by atoms with Gasteiger partial charge in [-0.3, -0.25) is 13.9 Å². The lowest BCUT2D eigenvalue weighted by atomic mass is 9.48. The summed E-state index contributed by atoms with van der Waals surface area (Å²) in [5.74, 6) is 1.86. The predicted octanol–water partition coefficient (Wildman–Crippen LogP) is 5.95. The quantitative estimate of drug-likeness (QED) is 0.285. The molecule has 0 aromatic heterocycles. The van der Waals surface area contributed by atoms with Crippen molar-refractivity contribution < 1.29 is 18.0 Å². The van der Waals surface area contributed by atoms with Crippen LogP contribution in [-0.2, 0) is 31.6 Å². The zero-order valence-electron chi connectivity index (χ0n) is 26.3. The highest BCUT2D eigenvalue weighted by Crippen LogP contribution is 2.60. The molecule has 0 saturated heterocycles. The maximum atomic E-state index is 14.0. The van der Waals surface area contributed by atoms with Crippen molar-refractivity contribution >= 4 is 27.5 Å². The highest BCUT2D eigenvalue weighted by atomic mass is 32.2. The molecule has 0 aliphatic heterocycles. The lowest BCUT2D eigenvalue weighted by Crippen LogP contribution is -2.52. The largest absolute Gasteiger partial charge is 0.354 e. The molecule has 0 radical (unpaired) electrons. The first-order chi connectivity index (χ1) is 20.5. The van der Waals surface area contributed by atoms with E-state index in [9.17, 15) is 18.0 Å². The molecule has 0 heterocycles. The minimum absolute atomic E-state index is 0.206. The fraction of sp³-hybridized carbons (Fsp3) is 0.600. The predicted molar refractivity (Wildman–Crippen MR) is 172 cm³/mol. The number of nitrogens with one attached hydrogen (secondary N) is 1. The summed E-state index contributed by atoms with van der Waals surface area (Å²) in [5.41, 5.74) is 4.00. The smallest absolute Gasteiger partial charge is 0.244 e. The summed E-state index contributed by atoms with van der Waals surface area (Å²) in [6, 6.07) is 15.1. The van der Waals surface area contributed by atoms with Crippen molar-refractivity contribution in [2.45, 2.75) is 96.6 Å². The second-order valence-electron chi connectivity index (χ2n) is 13.6. The number of nitrogens with zero attached hydrogens (tertiary/aromatic N) is 2. The Morgan fingerprint density at radius 3 is 2.02 bits per heavy atom. The Hall–Kier alpha value is -2.87. The minimum Gasteiger partial charge on any atom is -0.354 e. The lowest BCUT2D eigenvalue weighted by Gasteiger charge is -2.57. The molecule has 4 fully saturated rings. The number of carbonyl (C=O) groups excluding carboxylic acids is 2. The summed E-state index contributed by atoms with van der Waals surface area (Å²) in [6.45, 7) is 6.36. The molecule has 2 aromatic rings. The first-order valence-corrected chi connectivity index (χ1v) is 18.1. The number of carbonyl (C=O) groups is 2. The number of benzene rings is 2. The molecule has 1 atom stereocenters. The monoisotopic (exact) mass is 607 g/mol. The number of amides is 2. The summed E-state index contributed by atoms with van der Waals surface area (Å²) >= 11 is 0. The van der Waals surface area contributed by atoms with E-state index in [4.69, 9.17) is 0 Å². The highest BCUT2D eigenvalue weighted by molar-refractivity contribution is 7.92. The van der Waals surface area contributed by atoms with E-state index in [1.807, 2.05) is 50.2 Å². The number of rotatable bonds is 13. The van der Waals surface area contributed by atoms with Crippen LogP contribution in [-0.4, -0.2) is 50.5 Å². The van der Waals surface area contributed by atoms with Crippen LogP contribution in [0.4, 0.5) is 5.69 Å². The Labute approximate surface area is 258 Å². The van der Waals surface area contributed by atoms with E-state index in [1.165, 1.54) is 48.4 Å². The average Bonchev–Trinajstić information content (AvgIpc) is 2.95. The number of hydrogen-bond acceptors (Lipinski definition) is 4. The van der Waals surface area contributed by atoms with Crippen LogP contribution in [0.15, 0.2) is 48.5 Å². The molecular formula is C35H49N3O4S. The third kappa shape index (κ3) is 7.11. The van der Waals surface area contributed by atoms with E-state index in [0.717, 1.165) is 48.0 Å². The van der Waals surface area contributed by atoms with Crippen molar-refractivity contribution in [2.75, 3.05) is 23.7 Å². The molecule has 4 aliphatic rings. The second-order valence-corrected chi connectivity index (χ2v) is 15.5. The molecule has 0 spiro atoms. The van der Waals surface area contributed by atoms with Gasteiger partial charge in [0.1, 0.15) is 12.6 Å². The standard InChI is InChI=1S/C35H49N3O4S/c1-5-7-16-36-34(40)32(6-2)37(23-26-10-8-25(3)9-11-26)33(39)24-38(43(4,41)42)31-14-12-30(13-15-31)35-20-27-17-28(21-35)19-29(18-27)22-35/h8-15,27-29,32H,5-7,16-24H2,1-4H3,(H,36,40)/t27?,28?,29?,32-,35?/m0/s1. The van der Waals surface area contributed by atoms with Crippen LogP contribution in [0.5, 0.6) is 0 Å². The summed E-state index contributed by atoms with van der Waals surface area (Å²) in [5, 5.41) is 2.98. The van der Waals surface area contributed by atoms with Crippen LogP contribution in [0.25, 0.3) is 0 Å². The normalized spacial score (nSPS) is 24.9.